The first kappa shape index (κ1) is 28.2. The van der Waals surface area contributed by atoms with E-state index in [0.717, 1.165) is 79.2 Å². The highest BCUT2D eigenvalue weighted by atomic mass is 16.5. The van der Waals surface area contributed by atoms with Crippen LogP contribution in [0.4, 0.5) is 11.5 Å². The van der Waals surface area contributed by atoms with E-state index in [1.165, 1.54) is 6.08 Å². The average molecular weight is 593 g/mol. The molecule has 3 aliphatic rings. The van der Waals surface area contributed by atoms with Crippen LogP contribution in [0.2, 0.25) is 0 Å². The summed E-state index contributed by atoms with van der Waals surface area (Å²) in [5, 5.41) is 7.01. The summed E-state index contributed by atoms with van der Waals surface area (Å²) in [6.07, 6.45) is 7.68. The van der Waals surface area contributed by atoms with Gasteiger partial charge in [-0.1, -0.05) is 18.7 Å². The second kappa shape index (κ2) is 11.5. The highest BCUT2D eigenvalue weighted by molar-refractivity contribution is 6.03. The molecule has 1 aromatic carbocycles. The molecule has 3 fully saturated rings. The molecule has 11 heteroatoms. The Kier molecular flexibility index (Phi) is 7.35. The summed E-state index contributed by atoms with van der Waals surface area (Å²) in [6.45, 7) is 9.31. The predicted octanol–water partition coefficient (Wildman–Crippen LogP) is 3.91. The SMILES string of the molecule is C=CC(=O)N[C@]1(C)CCN(Cc2ccnc(C(=O)Nc3ccc(-c4cc5c(N6C7CCC6COC7)ncnc5[nH]4)cc3)c2)C1. The summed E-state index contributed by atoms with van der Waals surface area (Å²) in [5.74, 6) is 0.533. The van der Waals surface area contributed by atoms with Crippen molar-refractivity contribution >= 4 is 34.4 Å². The lowest BCUT2D eigenvalue weighted by Gasteiger charge is -2.35. The van der Waals surface area contributed by atoms with Gasteiger partial charge in [0.1, 0.15) is 23.5 Å². The van der Waals surface area contributed by atoms with E-state index in [4.69, 9.17) is 4.74 Å². The topological polar surface area (TPSA) is 128 Å². The number of likely N-dealkylation sites (tertiary alicyclic amines) is 1. The molecule has 3 N–H and O–H groups in total. The van der Waals surface area contributed by atoms with Gasteiger partial charge in [0.2, 0.25) is 5.91 Å². The van der Waals surface area contributed by atoms with Gasteiger partial charge >= 0.3 is 0 Å². The Morgan fingerprint density at radius 2 is 1.91 bits per heavy atom. The van der Waals surface area contributed by atoms with E-state index in [2.05, 4.69) is 53.0 Å². The Hall–Kier alpha value is -4.61. The molecule has 226 valence electrons. The van der Waals surface area contributed by atoms with Crippen molar-refractivity contribution < 1.29 is 14.3 Å². The zero-order chi connectivity index (χ0) is 30.3. The van der Waals surface area contributed by atoms with E-state index < -0.39 is 0 Å². The Morgan fingerprint density at radius 3 is 2.68 bits per heavy atom. The van der Waals surface area contributed by atoms with Crippen LogP contribution < -0.4 is 15.5 Å². The minimum Gasteiger partial charge on any atom is -0.377 e. The Bertz CT molecular complexity index is 1700. The van der Waals surface area contributed by atoms with Crippen molar-refractivity contribution in [1.29, 1.82) is 0 Å². The molecule has 4 aromatic rings. The van der Waals surface area contributed by atoms with Crippen LogP contribution in [0.25, 0.3) is 22.3 Å². The molecule has 2 unspecified atom stereocenters. The van der Waals surface area contributed by atoms with Crippen molar-refractivity contribution in [2.24, 2.45) is 0 Å². The fraction of sp³-hybridized carbons (Fsp3) is 0.364. The highest BCUT2D eigenvalue weighted by Gasteiger charge is 2.39. The second-order valence-electron chi connectivity index (χ2n) is 12.3. The Balaban J connectivity index is 1.01. The number of hydrogen-bond acceptors (Lipinski definition) is 8. The number of anilines is 2. The fourth-order valence-electron chi connectivity index (χ4n) is 6.79. The number of nitrogens with zero attached hydrogens (tertiary/aromatic N) is 5. The second-order valence-corrected chi connectivity index (χ2v) is 12.3. The number of aromatic nitrogens is 4. The maximum Gasteiger partial charge on any atom is 0.274 e. The molecule has 0 spiro atoms. The first-order valence-corrected chi connectivity index (χ1v) is 15.1. The molecular formula is C33H36N8O3. The lowest BCUT2D eigenvalue weighted by molar-refractivity contribution is -0.118. The van der Waals surface area contributed by atoms with Crippen LogP contribution in [0, 0.1) is 0 Å². The minimum absolute atomic E-state index is 0.162. The monoisotopic (exact) mass is 592 g/mol. The van der Waals surface area contributed by atoms with Crippen molar-refractivity contribution in [3.8, 4) is 11.3 Å². The first-order chi connectivity index (χ1) is 21.4. The van der Waals surface area contributed by atoms with Crippen molar-refractivity contribution in [3.63, 3.8) is 0 Å². The van der Waals surface area contributed by atoms with Gasteiger partial charge in [-0.15, -0.1) is 0 Å². The molecule has 3 atom stereocenters. The van der Waals surface area contributed by atoms with Gasteiger partial charge in [-0.25, -0.2) is 9.97 Å². The van der Waals surface area contributed by atoms with Gasteiger partial charge in [0.05, 0.1) is 36.2 Å². The molecule has 7 rings (SSSR count). The summed E-state index contributed by atoms with van der Waals surface area (Å²) in [5.41, 5.74) is 4.46. The van der Waals surface area contributed by atoms with Crippen LogP contribution in [-0.4, -0.2) is 80.6 Å². The number of morpholine rings is 1. The van der Waals surface area contributed by atoms with Gasteiger partial charge in [-0.2, -0.15) is 0 Å². The van der Waals surface area contributed by atoms with Gasteiger partial charge in [0.15, 0.2) is 0 Å². The smallest absolute Gasteiger partial charge is 0.274 e. The van der Waals surface area contributed by atoms with Crippen LogP contribution in [0.5, 0.6) is 0 Å². The molecule has 2 amide bonds. The maximum atomic E-state index is 13.1. The number of pyridine rings is 1. The van der Waals surface area contributed by atoms with Crippen LogP contribution in [0.15, 0.2) is 67.6 Å². The lowest BCUT2D eigenvalue weighted by atomic mass is 10.0. The predicted molar refractivity (Wildman–Crippen MR) is 168 cm³/mol. The average Bonchev–Trinajstić information content (AvgIpc) is 3.70. The Labute approximate surface area is 255 Å². The normalized spacial score (nSPS) is 23.2. The van der Waals surface area contributed by atoms with Gasteiger partial charge < -0.3 is 25.3 Å². The summed E-state index contributed by atoms with van der Waals surface area (Å²) in [7, 11) is 0. The number of ether oxygens (including phenoxy) is 1. The number of aromatic amines is 1. The largest absolute Gasteiger partial charge is 0.377 e. The van der Waals surface area contributed by atoms with E-state index in [1.807, 2.05) is 43.3 Å². The highest BCUT2D eigenvalue weighted by Crippen LogP contribution is 2.37. The molecule has 0 saturated carbocycles. The number of carbonyl (C=O) groups is 2. The standard InChI is InChI=1S/C33H36N8O3/c1-3-29(42)39-33(2)11-13-40(19-33)16-21-10-12-34-28(14-21)32(43)37-23-6-4-22(5-7-23)27-15-26-30(38-27)35-20-36-31(26)41-24-8-9-25(41)18-44-17-24/h3-7,10,12,14-15,20,24-25H,1,8-9,11,13,16-19H2,2H3,(H,37,43)(H,39,42)(H,35,36,38)/t24?,25?,33-/m1/s1. The quantitative estimate of drug-likeness (QED) is 0.263. The molecule has 2 bridgehead atoms. The van der Waals surface area contributed by atoms with Crippen LogP contribution in [-0.2, 0) is 16.1 Å². The Morgan fingerprint density at radius 1 is 1.11 bits per heavy atom. The fourth-order valence-corrected chi connectivity index (χ4v) is 6.79. The minimum atomic E-state index is -0.296. The van der Waals surface area contributed by atoms with E-state index in [1.54, 1.807) is 12.5 Å². The van der Waals surface area contributed by atoms with Crippen molar-refractivity contribution in [2.45, 2.75) is 50.4 Å². The van der Waals surface area contributed by atoms with Gasteiger partial charge in [0.25, 0.3) is 5.91 Å². The molecule has 6 heterocycles. The molecule has 3 aromatic heterocycles. The number of H-pyrrole nitrogens is 1. The summed E-state index contributed by atoms with van der Waals surface area (Å²) < 4.78 is 5.77. The number of hydrogen-bond donors (Lipinski definition) is 3. The van der Waals surface area contributed by atoms with E-state index in [0.29, 0.717) is 30.0 Å². The third kappa shape index (κ3) is 5.56. The molecule has 3 aliphatic heterocycles. The van der Waals surface area contributed by atoms with E-state index in [9.17, 15) is 9.59 Å². The maximum absolute atomic E-state index is 13.1. The molecule has 0 radical (unpaired) electrons. The number of nitrogens with one attached hydrogen (secondary N) is 3. The number of amides is 2. The molecule has 44 heavy (non-hydrogen) atoms. The van der Waals surface area contributed by atoms with Gasteiger partial charge in [-0.05, 0) is 73.7 Å². The third-order valence-corrected chi connectivity index (χ3v) is 8.97. The summed E-state index contributed by atoms with van der Waals surface area (Å²) in [6, 6.07) is 14.3. The number of benzene rings is 1. The van der Waals surface area contributed by atoms with Crippen molar-refractivity contribution in [1.82, 2.24) is 30.2 Å². The van der Waals surface area contributed by atoms with Gasteiger partial charge in [0, 0.05) is 37.2 Å². The third-order valence-electron chi connectivity index (χ3n) is 8.97. The van der Waals surface area contributed by atoms with Crippen LogP contribution in [0.1, 0.15) is 42.2 Å². The van der Waals surface area contributed by atoms with Gasteiger partial charge in [-0.3, -0.25) is 19.5 Å². The van der Waals surface area contributed by atoms with Crippen molar-refractivity contribution in [3.05, 3.63) is 78.9 Å². The number of carbonyl (C=O) groups excluding carboxylic acids is 2. The van der Waals surface area contributed by atoms with Crippen LogP contribution >= 0.6 is 0 Å². The molecule has 3 saturated heterocycles. The zero-order valence-corrected chi connectivity index (χ0v) is 24.8. The van der Waals surface area contributed by atoms with E-state index >= 15 is 0 Å². The van der Waals surface area contributed by atoms with Crippen molar-refractivity contribution in [2.75, 3.05) is 36.5 Å². The first-order valence-electron chi connectivity index (χ1n) is 15.1. The lowest BCUT2D eigenvalue weighted by Crippen LogP contribution is -2.47. The summed E-state index contributed by atoms with van der Waals surface area (Å²) in [4.78, 5) is 46.5. The number of fused-ring (bicyclic) bond motifs is 3. The number of rotatable bonds is 8. The zero-order valence-electron chi connectivity index (χ0n) is 24.8. The summed E-state index contributed by atoms with van der Waals surface area (Å²) >= 11 is 0. The van der Waals surface area contributed by atoms with E-state index in [-0.39, 0.29) is 17.4 Å². The molecular weight excluding hydrogens is 556 g/mol. The molecule has 11 nitrogen and oxygen atoms in total. The van der Waals surface area contributed by atoms with Crippen LogP contribution in [0.3, 0.4) is 0 Å². The molecule has 0 aliphatic carbocycles.